The standard InChI is InChI=1S/C11H12FNO/c12-9-4-1-3-8(7-9)10(14)11(13)5-2-6-11/h1,3-4,7H,2,5-6,13H2. The Bertz CT molecular complexity index is 371. The zero-order valence-corrected chi connectivity index (χ0v) is 7.79. The third kappa shape index (κ3) is 1.44. The van der Waals surface area contributed by atoms with Crippen LogP contribution in [0.4, 0.5) is 4.39 Å². The molecule has 2 nitrogen and oxygen atoms in total. The van der Waals surface area contributed by atoms with Crippen LogP contribution in [-0.2, 0) is 0 Å². The summed E-state index contributed by atoms with van der Waals surface area (Å²) in [6.45, 7) is 0. The number of carbonyl (C=O) groups is 1. The van der Waals surface area contributed by atoms with E-state index >= 15 is 0 Å². The van der Waals surface area contributed by atoms with Gasteiger partial charge in [0.2, 0.25) is 0 Å². The molecule has 0 aromatic heterocycles. The van der Waals surface area contributed by atoms with Crippen LogP contribution in [0.1, 0.15) is 29.6 Å². The smallest absolute Gasteiger partial charge is 0.182 e. The fourth-order valence-corrected chi connectivity index (χ4v) is 1.70. The van der Waals surface area contributed by atoms with Gasteiger partial charge in [0.25, 0.3) is 0 Å². The number of hydrogen-bond donors (Lipinski definition) is 1. The lowest BCUT2D eigenvalue weighted by Crippen LogP contribution is -2.53. The monoisotopic (exact) mass is 193 g/mol. The average Bonchev–Trinajstić information content (AvgIpc) is 2.13. The molecule has 2 N–H and O–H groups in total. The second-order valence-corrected chi connectivity index (χ2v) is 3.85. The van der Waals surface area contributed by atoms with Gasteiger partial charge in [-0.15, -0.1) is 0 Å². The number of ketones is 1. The van der Waals surface area contributed by atoms with Crippen molar-refractivity contribution < 1.29 is 9.18 Å². The van der Waals surface area contributed by atoms with Crippen molar-refractivity contribution in [2.75, 3.05) is 0 Å². The average molecular weight is 193 g/mol. The first kappa shape index (κ1) is 9.34. The van der Waals surface area contributed by atoms with E-state index in [-0.39, 0.29) is 5.78 Å². The van der Waals surface area contributed by atoms with Gasteiger partial charge in [0.1, 0.15) is 5.82 Å². The highest BCUT2D eigenvalue weighted by Crippen LogP contribution is 2.32. The Labute approximate surface area is 81.9 Å². The molecule has 0 amide bonds. The maximum absolute atomic E-state index is 12.8. The molecular weight excluding hydrogens is 181 g/mol. The Morgan fingerprint density at radius 2 is 2.14 bits per heavy atom. The molecule has 0 atom stereocenters. The summed E-state index contributed by atoms with van der Waals surface area (Å²) >= 11 is 0. The first-order valence-electron chi connectivity index (χ1n) is 4.71. The van der Waals surface area contributed by atoms with Gasteiger partial charge in [-0.1, -0.05) is 12.1 Å². The van der Waals surface area contributed by atoms with Crippen molar-refractivity contribution in [3.05, 3.63) is 35.6 Å². The lowest BCUT2D eigenvalue weighted by atomic mass is 9.73. The van der Waals surface area contributed by atoms with Crippen LogP contribution in [0.2, 0.25) is 0 Å². The van der Waals surface area contributed by atoms with Crippen LogP contribution >= 0.6 is 0 Å². The minimum atomic E-state index is -0.728. The molecule has 1 aliphatic rings. The fraction of sp³-hybridized carbons (Fsp3) is 0.364. The minimum Gasteiger partial charge on any atom is -0.319 e. The number of benzene rings is 1. The first-order valence-corrected chi connectivity index (χ1v) is 4.71. The number of rotatable bonds is 2. The summed E-state index contributed by atoms with van der Waals surface area (Å²) in [6.07, 6.45) is 2.41. The van der Waals surface area contributed by atoms with Crippen LogP contribution in [0.5, 0.6) is 0 Å². The molecule has 0 spiro atoms. The zero-order chi connectivity index (χ0) is 10.2. The molecule has 14 heavy (non-hydrogen) atoms. The predicted molar refractivity (Wildman–Crippen MR) is 51.5 cm³/mol. The molecule has 74 valence electrons. The summed E-state index contributed by atoms with van der Waals surface area (Å²) in [6, 6.07) is 5.71. The van der Waals surface area contributed by atoms with E-state index in [1.165, 1.54) is 18.2 Å². The SMILES string of the molecule is NC1(C(=O)c2cccc(F)c2)CCC1. The van der Waals surface area contributed by atoms with E-state index in [0.29, 0.717) is 18.4 Å². The number of halogens is 1. The number of Topliss-reactive ketones (excluding diaryl/α,β-unsaturated/α-hetero) is 1. The van der Waals surface area contributed by atoms with Crippen molar-refractivity contribution in [2.45, 2.75) is 24.8 Å². The van der Waals surface area contributed by atoms with Gasteiger partial charge in [0.15, 0.2) is 5.78 Å². The second kappa shape index (κ2) is 3.17. The van der Waals surface area contributed by atoms with Crippen LogP contribution < -0.4 is 5.73 Å². The van der Waals surface area contributed by atoms with Gasteiger partial charge >= 0.3 is 0 Å². The van der Waals surface area contributed by atoms with Gasteiger partial charge < -0.3 is 5.73 Å². The molecule has 0 aliphatic heterocycles. The van der Waals surface area contributed by atoms with E-state index in [9.17, 15) is 9.18 Å². The van der Waals surface area contributed by atoms with Crippen molar-refractivity contribution in [1.82, 2.24) is 0 Å². The van der Waals surface area contributed by atoms with Gasteiger partial charge in [-0.3, -0.25) is 4.79 Å². The summed E-state index contributed by atoms with van der Waals surface area (Å²) in [4.78, 5) is 11.8. The van der Waals surface area contributed by atoms with E-state index in [1.807, 2.05) is 0 Å². The molecule has 2 rings (SSSR count). The van der Waals surface area contributed by atoms with Gasteiger partial charge in [0.05, 0.1) is 5.54 Å². The van der Waals surface area contributed by atoms with E-state index < -0.39 is 11.4 Å². The van der Waals surface area contributed by atoms with Gasteiger partial charge in [0, 0.05) is 5.56 Å². The fourth-order valence-electron chi connectivity index (χ4n) is 1.70. The third-order valence-electron chi connectivity index (χ3n) is 2.78. The topological polar surface area (TPSA) is 43.1 Å². The van der Waals surface area contributed by atoms with Gasteiger partial charge in [-0.25, -0.2) is 4.39 Å². The highest BCUT2D eigenvalue weighted by atomic mass is 19.1. The second-order valence-electron chi connectivity index (χ2n) is 3.85. The molecule has 0 bridgehead atoms. The largest absolute Gasteiger partial charge is 0.319 e. The van der Waals surface area contributed by atoms with E-state index in [0.717, 1.165) is 6.42 Å². The van der Waals surface area contributed by atoms with E-state index in [4.69, 9.17) is 5.73 Å². The van der Waals surface area contributed by atoms with Crippen LogP contribution in [-0.4, -0.2) is 11.3 Å². The predicted octanol–water partition coefficient (Wildman–Crippen LogP) is 1.89. The Balaban J connectivity index is 2.27. The van der Waals surface area contributed by atoms with Crippen LogP contribution in [0, 0.1) is 5.82 Å². The Hall–Kier alpha value is -1.22. The summed E-state index contributed by atoms with van der Waals surface area (Å²) in [5, 5.41) is 0. The minimum absolute atomic E-state index is 0.136. The summed E-state index contributed by atoms with van der Waals surface area (Å²) in [5.41, 5.74) is 5.51. The summed E-state index contributed by atoms with van der Waals surface area (Å²) in [7, 11) is 0. The Morgan fingerprint density at radius 1 is 1.43 bits per heavy atom. The molecule has 1 fully saturated rings. The van der Waals surface area contributed by atoms with E-state index in [2.05, 4.69) is 0 Å². The number of nitrogens with two attached hydrogens (primary N) is 1. The Kier molecular flexibility index (Phi) is 2.11. The number of carbonyl (C=O) groups excluding carboxylic acids is 1. The molecule has 1 aromatic rings. The van der Waals surface area contributed by atoms with Gasteiger partial charge in [-0.05, 0) is 31.4 Å². The zero-order valence-electron chi connectivity index (χ0n) is 7.79. The lowest BCUT2D eigenvalue weighted by molar-refractivity contribution is 0.0800. The molecule has 1 saturated carbocycles. The van der Waals surface area contributed by atoms with Crippen LogP contribution in [0.25, 0.3) is 0 Å². The highest BCUT2D eigenvalue weighted by molar-refractivity contribution is 6.03. The molecule has 0 unspecified atom stereocenters. The van der Waals surface area contributed by atoms with Crippen molar-refractivity contribution in [2.24, 2.45) is 5.73 Å². The quantitative estimate of drug-likeness (QED) is 0.729. The van der Waals surface area contributed by atoms with Crippen LogP contribution in [0.3, 0.4) is 0 Å². The normalized spacial score (nSPS) is 18.7. The molecule has 1 aliphatic carbocycles. The maximum Gasteiger partial charge on any atom is 0.182 e. The lowest BCUT2D eigenvalue weighted by Gasteiger charge is -2.36. The maximum atomic E-state index is 12.8. The molecule has 0 saturated heterocycles. The van der Waals surface area contributed by atoms with Gasteiger partial charge in [-0.2, -0.15) is 0 Å². The van der Waals surface area contributed by atoms with E-state index in [1.54, 1.807) is 6.07 Å². The first-order chi connectivity index (χ1) is 6.62. The summed E-state index contributed by atoms with van der Waals surface area (Å²) in [5.74, 6) is -0.526. The molecule has 0 radical (unpaired) electrons. The Morgan fingerprint density at radius 3 is 2.64 bits per heavy atom. The molecular formula is C11H12FNO. The molecule has 1 aromatic carbocycles. The van der Waals surface area contributed by atoms with Crippen molar-refractivity contribution in [3.63, 3.8) is 0 Å². The van der Waals surface area contributed by atoms with Crippen molar-refractivity contribution in [1.29, 1.82) is 0 Å². The third-order valence-corrected chi connectivity index (χ3v) is 2.78. The van der Waals surface area contributed by atoms with Crippen molar-refractivity contribution >= 4 is 5.78 Å². The molecule has 3 heteroatoms. The number of hydrogen-bond acceptors (Lipinski definition) is 2. The van der Waals surface area contributed by atoms with Crippen LogP contribution in [0.15, 0.2) is 24.3 Å². The highest BCUT2D eigenvalue weighted by Gasteiger charge is 2.40. The molecule has 0 heterocycles. The summed E-state index contributed by atoms with van der Waals surface area (Å²) < 4.78 is 12.8. The van der Waals surface area contributed by atoms with Crippen molar-refractivity contribution in [3.8, 4) is 0 Å².